The van der Waals surface area contributed by atoms with Gasteiger partial charge in [0, 0.05) is 11.4 Å². The lowest BCUT2D eigenvalue weighted by Crippen LogP contribution is -2.17. The first-order chi connectivity index (χ1) is 9.63. The van der Waals surface area contributed by atoms with E-state index in [2.05, 4.69) is 29.1 Å². The lowest BCUT2D eigenvalue weighted by molar-refractivity contribution is 0.100. The van der Waals surface area contributed by atoms with Crippen molar-refractivity contribution in [1.29, 1.82) is 0 Å². The maximum atomic E-state index is 11.4. The van der Waals surface area contributed by atoms with Gasteiger partial charge in [0.25, 0.3) is 5.91 Å². The van der Waals surface area contributed by atoms with Crippen molar-refractivity contribution in [2.75, 3.05) is 5.32 Å². The predicted molar refractivity (Wildman–Crippen MR) is 80.7 cm³/mol. The molecule has 0 saturated carbocycles. The van der Waals surface area contributed by atoms with Crippen molar-refractivity contribution in [2.24, 2.45) is 5.73 Å². The zero-order valence-corrected chi connectivity index (χ0v) is 11.9. The molecule has 5 nitrogen and oxygen atoms in total. The Kier molecular flexibility index (Phi) is 4.50. The van der Waals surface area contributed by atoms with Crippen LogP contribution in [0.25, 0.3) is 10.9 Å². The van der Waals surface area contributed by atoms with Gasteiger partial charge in [-0.3, -0.25) is 4.79 Å². The normalized spacial score (nSPS) is 12.3. The van der Waals surface area contributed by atoms with Gasteiger partial charge in [-0.15, -0.1) is 0 Å². The molecule has 1 heterocycles. The SMILES string of the molecule is CCCC[C@@H](C)Nc1ncnc2c(C(N)=O)cccc12. The lowest BCUT2D eigenvalue weighted by Gasteiger charge is -2.15. The second kappa shape index (κ2) is 6.32. The van der Waals surface area contributed by atoms with Gasteiger partial charge in [0.05, 0.1) is 11.1 Å². The fraction of sp³-hybridized carbons (Fsp3) is 0.400. The van der Waals surface area contributed by atoms with Crippen molar-refractivity contribution >= 4 is 22.6 Å². The Hall–Kier alpha value is -2.17. The van der Waals surface area contributed by atoms with Crippen LogP contribution in [0.2, 0.25) is 0 Å². The molecule has 0 saturated heterocycles. The van der Waals surface area contributed by atoms with Crippen LogP contribution in [-0.2, 0) is 0 Å². The number of rotatable bonds is 6. The molecule has 0 spiro atoms. The van der Waals surface area contributed by atoms with Crippen LogP contribution in [0.15, 0.2) is 24.5 Å². The summed E-state index contributed by atoms with van der Waals surface area (Å²) in [4.78, 5) is 19.9. The Bertz CT molecular complexity index is 612. The molecule has 1 aromatic heterocycles. The number of primary amides is 1. The Balaban J connectivity index is 2.35. The van der Waals surface area contributed by atoms with Gasteiger partial charge in [0.1, 0.15) is 12.1 Å². The summed E-state index contributed by atoms with van der Waals surface area (Å²) < 4.78 is 0. The first-order valence-electron chi connectivity index (χ1n) is 6.93. The number of nitrogens with one attached hydrogen (secondary N) is 1. The number of hydrogen-bond acceptors (Lipinski definition) is 4. The second-order valence-corrected chi connectivity index (χ2v) is 4.98. The molecule has 0 aliphatic heterocycles. The van der Waals surface area contributed by atoms with Gasteiger partial charge < -0.3 is 11.1 Å². The molecule has 1 aromatic carbocycles. The predicted octanol–water partition coefficient (Wildman–Crippen LogP) is 2.72. The van der Waals surface area contributed by atoms with E-state index >= 15 is 0 Å². The zero-order valence-electron chi connectivity index (χ0n) is 11.9. The minimum absolute atomic E-state index is 0.324. The van der Waals surface area contributed by atoms with E-state index in [0.29, 0.717) is 17.1 Å². The molecule has 2 aromatic rings. The standard InChI is InChI=1S/C15H20N4O/c1-3-4-6-10(2)19-15-12-8-5-7-11(14(16)20)13(12)17-9-18-15/h5,7-10H,3-4,6H2,1-2H3,(H2,16,20)(H,17,18,19)/t10-/m1/s1. The summed E-state index contributed by atoms with van der Waals surface area (Å²) in [6.45, 7) is 4.30. The maximum absolute atomic E-state index is 11.4. The molecule has 20 heavy (non-hydrogen) atoms. The van der Waals surface area contributed by atoms with Crippen molar-refractivity contribution in [1.82, 2.24) is 9.97 Å². The van der Waals surface area contributed by atoms with Crippen molar-refractivity contribution in [2.45, 2.75) is 39.2 Å². The van der Waals surface area contributed by atoms with Crippen LogP contribution in [0, 0.1) is 0 Å². The Morgan fingerprint density at radius 2 is 2.20 bits per heavy atom. The number of nitrogens with two attached hydrogens (primary N) is 1. The summed E-state index contributed by atoms with van der Waals surface area (Å²) in [7, 11) is 0. The monoisotopic (exact) mass is 272 g/mol. The summed E-state index contributed by atoms with van der Waals surface area (Å²) >= 11 is 0. The first-order valence-corrected chi connectivity index (χ1v) is 6.93. The number of carbonyl (C=O) groups is 1. The van der Waals surface area contributed by atoms with Gasteiger partial charge in [-0.1, -0.05) is 25.8 Å². The Labute approximate surface area is 118 Å². The Morgan fingerprint density at radius 3 is 2.90 bits per heavy atom. The molecule has 0 fully saturated rings. The van der Waals surface area contributed by atoms with Gasteiger partial charge in [-0.25, -0.2) is 9.97 Å². The molecule has 0 aliphatic carbocycles. The van der Waals surface area contributed by atoms with E-state index in [0.717, 1.165) is 17.6 Å². The van der Waals surface area contributed by atoms with E-state index in [1.807, 2.05) is 6.07 Å². The number of unbranched alkanes of at least 4 members (excludes halogenated alkanes) is 1. The highest BCUT2D eigenvalue weighted by Gasteiger charge is 2.12. The minimum atomic E-state index is -0.473. The number of amides is 1. The molecule has 2 rings (SSSR count). The van der Waals surface area contributed by atoms with Gasteiger partial charge in [-0.05, 0) is 25.5 Å². The average Bonchev–Trinajstić information content (AvgIpc) is 2.44. The largest absolute Gasteiger partial charge is 0.367 e. The molecular formula is C15H20N4O. The molecular weight excluding hydrogens is 252 g/mol. The van der Waals surface area contributed by atoms with E-state index in [1.54, 1.807) is 12.1 Å². The number of fused-ring (bicyclic) bond motifs is 1. The van der Waals surface area contributed by atoms with Gasteiger partial charge >= 0.3 is 0 Å². The molecule has 1 atom stereocenters. The van der Waals surface area contributed by atoms with Crippen LogP contribution in [0.1, 0.15) is 43.5 Å². The van der Waals surface area contributed by atoms with E-state index in [9.17, 15) is 4.79 Å². The highest BCUT2D eigenvalue weighted by molar-refractivity contribution is 6.06. The Morgan fingerprint density at radius 1 is 1.40 bits per heavy atom. The molecule has 3 N–H and O–H groups in total. The summed E-state index contributed by atoms with van der Waals surface area (Å²) in [5, 5.41) is 4.21. The van der Waals surface area contributed by atoms with Crippen LogP contribution in [0.4, 0.5) is 5.82 Å². The maximum Gasteiger partial charge on any atom is 0.250 e. The van der Waals surface area contributed by atoms with E-state index in [1.165, 1.54) is 19.2 Å². The van der Waals surface area contributed by atoms with Crippen molar-refractivity contribution < 1.29 is 4.79 Å². The molecule has 0 bridgehead atoms. The number of carbonyl (C=O) groups excluding carboxylic acids is 1. The highest BCUT2D eigenvalue weighted by Crippen LogP contribution is 2.23. The topological polar surface area (TPSA) is 80.9 Å². The average molecular weight is 272 g/mol. The number of anilines is 1. The third-order valence-electron chi connectivity index (χ3n) is 3.30. The summed E-state index contributed by atoms with van der Waals surface area (Å²) in [6.07, 6.45) is 4.88. The number of benzene rings is 1. The molecule has 106 valence electrons. The third kappa shape index (κ3) is 3.04. The van der Waals surface area contributed by atoms with E-state index < -0.39 is 5.91 Å². The quantitative estimate of drug-likeness (QED) is 0.847. The van der Waals surface area contributed by atoms with E-state index in [-0.39, 0.29) is 0 Å². The lowest BCUT2D eigenvalue weighted by atomic mass is 10.1. The smallest absolute Gasteiger partial charge is 0.250 e. The highest BCUT2D eigenvalue weighted by atomic mass is 16.1. The zero-order chi connectivity index (χ0) is 14.5. The van der Waals surface area contributed by atoms with Crippen LogP contribution in [-0.4, -0.2) is 21.9 Å². The van der Waals surface area contributed by atoms with Gasteiger partial charge in [-0.2, -0.15) is 0 Å². The molecule has 0 radical (unpaired) electrons. The summed E-state index contributed by atoms with van der Waals surface area (Å²) in [6, 6.07) is 5.71. The van der Waals surface area contributed by atoms with Gasteiger partial charge in [0.2, 0.25) is 0 Å². The number of nitrogens with zero attached hydrogens (tertiary/aromatic N) is 2. The molecule has 0 unspecified atom stereocenters. The van der Waals surface area contributed by atoms with Crippen molar-refractivity contribution in [3.63, 3.8) is 0 Å². The fourth-order valence-electron chi connectivity index (χ4n) is 2.22. The van der Waals surface area contributed by atoms with Crippen LogP contribution < -0.4 is 11.1 Å². The number of aromatic nitrogens is 2. The van der Waals surface area contributed by atoms with Crippen LogP contribution >= 0.6 is 0 Å². The minimum Gasteiger partial charge on any atom is -0.367 e. The van der Waals surface area contributed by atoms with E-state index in [4.69, 9.17) is 5.73 Å². The number of hydrogen-bond donors (Lipinski definition) is 2. The molecule has 5 heteroatoms. The first kappa shape index (κ1) is 14.2. The number of para-hydroxylation sites is 1. The second-order valence-electron chi connectivity index (χ2n) is 4.98. The third-order valence-corrected chi connectivity index (χ3v) is 3.30. The molecule has 0 aliphatic rings. The van der Waals surface area contributed by atoms with Crippen molar-refractivity contribution in [3.05, 3.63) is 30.1 Å². The van der Waals surface area contributed by atoms with Crippen molar-refractivity contribution in [3.8, 4) is 0 Å². The van der Waals surface area contributed by atoms with Crippen LogP contribution in [0.5, 0.6) is 0 Å². The fourth-order valence-corrected chi connectivity index (χ4v) is 2.22. The van der Waals surface area contributed by atoms with Crippen LogP contribution in [0.3, 0.4) is 0 Å². The summed E-state index contributed by atoms with van der Waals surface area (Å²) in [5.41, 5.74) is 6.40. The van der Waals surface area contributed by atoms with Gasteiger partial charge in [0.15, 0.2) is 0 Å². The molecule has 1 amide bonds. The summed E-state index contributed by atoms with van der Waals surface area (Å²) in [5.74, 6) is 0.279.